The summed E-state index contributed by atoms with van der Waals surface area (Å²) in [6.45, 7) is 6.55. The summed E-state index contributed by atoms with van der Waals surface area (Å²) < 4.78 is 5.96. The van der Waals surface area contributed by atoms with Gasteiger partial charge in [0, 0.05) is 22.2 Å². The fourth-order valence-electron chi connectivity index (χ4n) is 9.67. The van der Waals surface area contributed by atoms with Gasteiger partial charge in [0.2, 0.25) is 0 Å². The van der Waals surface area contributed by atoms with Gasteiger partial charge in [-0.05, 0) is 141 Å². The number of carbonyl (C=O) groups excluding carboxylic acids is 1. The van der Waals surface area contributed by atoms with Crippen LogP contribution in [0.2, 0.25) is 0 Å². The Morgan fingerprint density at radius 2 is 1.16 bits per heavy atom. The molecule has 63 heavy (non-hydrogen) atoms. The number of aryl methyl sites for hydroxylation is 1. The highest BCUT2D eigenvalue weighted by atomic mass is 16.5. The van der Waals surface area contributed by atoms with E-state index in [9.17, 15) is 4.79 Å². The molecule has 0 radical (unpaired) electrons. The molecule has 1 aliphatic rings. The summed E-state index contributed by atoms with van der Waals surface area (Å²) in [6, 6.07) is 75.1. The van der Waals surface area contributed by atoms with Gasteiger partial charge in [0.15, 0.2) is 0 Å². The number of benzene rings is 9. The Labute approximate surface area is 370 Å². The average Bonchev–Trinajstić information content (AvgIpc) is 3.58. The highest BCUT2D eigenvalue weighted by Crippen LogP contribution is 2.54. The Kier molecular flexibility index (Phi) is 10.5. The molecule has 10 rings (SSSR count). The minimum atomic E-state index is -0.397. The van der Waals surface area contributed by atoms with Crippen molar-refractivity contribution in [1.29, 1.82) is 0 Å². The Morgan fingerprint density at radius 1 is 0.540 bits per heavy atom. The summed E-state index contributed by atoms with van der Waals surface area (Å²) >= 11 is 0. The number of rotatable bonds is 11. The van der Waals surface area contributed by atoms with Gasteiger partial charge >= 0.3 is 5.97 Å². The van der Waals surface area contributed by atoms with Gasteiger partial charge in [-0.2, -0.15) is 0 Å². The Balaban J connectivity index is 1.04. The highest BCUT2D eigenvalue weighted by molar-refractivity contribution is 6.00. The fraction of sp³-hybridized carbons (Fsp3) is 0.117. The highest BCUT2D eigenvalue weighted by Gasteiger charge is 2.43. The van der Waals surface area contributed by atoms with Crippen LogP contribution in [0.5, 0.6) is 5.75 Å². The van der Waals surface area contributed by atoms with Crippen LogP contribution in [0.4, 0.5) is 17.1 Å². The molecule has 0 heterocycles. The maximum Gasteiger partial charge on any atom is 0.343 e. The average molecular weight is 816 g/mol. The summed E-state index contributed by atoms with van der Waals surface area (Å²) in [4.78, 5) is 16.0. The first-order valence-corrected chi connectivity index (χ1v) is 22.0. The third kappa shape index (κ3) is 7.61. The van der Waals surface area contributed by atoms with Crippen LogP contribution >= 0.6 is 0 Å². The second-order valence-electron chi connectivity index (χ2n) is 17.2. The van der Waals surface area contributed by atoms with E-state index in [0.29, 0.717) is 17.2 Å². The van der Waals surface area contributed by atoms with E-state index in [-0.39, 0.29) is 5.41 Å². The van der Waals surface area contributed by atoms with E-state index in [1.807, 2.05) is 48.5 Å². The molecule has 0 atom stereocenters. The molecule has 3 nitrogen and oxygen atoms in total. The molecule has 0 fully saturated rings. The van der Waals surface area contributed by atoms with Crippen molar-refractivity contribution in [3.63, 3.8) is 0 Å². The van der Waals surface area contributed by atoms with Crippen molar-refractivity contribution in [3.8, 4) is 28.0 Å². The Bertz CT molecular complexity index is 3030. The maximum absolute atomic E-state index is 13.7. The molecule has 9 aromatic rings. The zero-order valence-electron chi connectivity index (χ0n) is 36.0. The van der Waals surface area contributed by atoms with E-state index in [1.54, 1.807) is 0 Å². The normalized spacial score (nSPS) is 12.5. The molecule has 0 saturated carbocycles. The summed E-state index contributed by atoms with van der Waals surface area (Å²) in [7, 11) is 0. The van der Waals surface area contributed by atoms with Gasteiger partial charge < -0.3 is 9.64 Å². The van der Waals surface area contributed by atoms with Crippen LogP contribution < -0.4 is 9.64 Å². The monoisotopic (exact) mass is 815 g/mol. The molecule has 9 aromatic carbocycles. The van der Waals surface area contributed by atoms with Gasteiger partial charge in [-0.15, -0.1) is 0 Å². The molecule has 306 valence electrons. The minimum absolute atomic E-state index is 0.322. The van der Waals surface area contributed by atoms with Crippen molar-refractivity contribution in [2.45, 2.75) is 44.9 Å². The lowest BCUT2D eigenvalue weighted by molar-refractivity contribution is 0.0734. The van der Waals surface area contributed by atoms with E-state index in [2.05, 4.69) is 189 Å². The van der Waals surface area contributed by atoms with Gasteiger partial charge in [-0.25, -0.2) is 4.79 Å². The molecule has 0 N–H and O–H groups in total. The van der Waals surface area contributed by atoms with Crippen molar-refractivity contribution >= 4 is 33.8 Å². The molecule has 0 unspecified atom stereocenters. The number of fused-ring (bicyclic) bond motifs is 4. The van der Waals surface area contributed by atoms with E-state index >= 15 is 0 Å². The second kappa shape index (κ2) is 16.8. The third-order valence-electron chi connectivity index (χ3n) is 12.9. The number of hydrogen-bond acceptors (Lipinski definition) is 3. The molecule has 0 aliphatic heterocycles. The Morgan fingerprint density at radius 3 is 1.87 bits per heavy atom. The topological polar surface area (TPSA) is 29.5 Å². The molecule has 0 aromatic heterocycles. The molecule has 0 bridgehead atoms. The van der Waals surface area contributed by atoms with Crippen molar-refractivity contribution in [3.05, 3.63) is 251 Å². The van der Waals surface area contributed by atoms with Crippen molar-refractivity contribution in [1.82, 2.24) is 0 Å². The van der Waals surface area contributed by atoms with E-state index in [4.69, 9.17) is 4.74 Å². The van der Waals surface area contributed by atoms with Gasteiger partial charge in [-0.1, -0.05) is 172 Å². The zero-order chi connectivity index (χ0) is 42.9. The standard InChI is InChI=1S/C60H49NO2/c1-41(2)48-26-25-42(3)55(37-48)46-29-34-51(35-30-46)63-59(62)47-27-31-49(32-28-47)61(58-24-14-20-45-19-10-11-21-52(45)58)50-33-36-54-53-22-12-13-23-56(53)60(57(54)38-50,39-43-15-6-4-7-16-43)40-44-17-8-5-9-18-44/h4-38,41H,39-40H2,1-3H3. The van der Waals surface area contributed by atoms with E-state index in [1.165, 1.54) is 50.1 Å². The predicted octanol–water partition coefficient (Wildman–Crippen LogP) is 15.4. The molecule has 0 amide bonds. The lowest BCUT2D eigenvalue weighted by Gasteiger charge is -2.34. The van der Waals surface area contributed by atoms with Crippen LogP contribution in [-0.2, 0) is 18.3 Å². The smallest absolute Gasteiger partial charge is 0.343 e. The molecule has 3 heteroatoms. The SMILES string of the molecule is Cc1ccc(C(C)C)cc1-c1ccc(OC(=O)c2ccc(N(c3ccc4c(c3)C(Cc3ccccc3)(Cc3ccccc3)c3ccccc3-4)c3cccc4ccccc34)cc2)cc1. The zero-order valence-corrected chi connectivity index (χ0v) is 36.0. The fourth-order valence-corrected chi connectivity index (χ4v) is 9.67. The summed E-state index contributed by atoms with van der Waals surface area (Å²) in [5, 5.41) is 2.30. The van der Waals surface area contributed by atoms with Crippen LogP contribution in [-0.4, -0.2) is 5.97 Å². The molecule has 1 aliphatic carbocycles. The second-order valence-corrected chi connectivity index (χ2v) is 17.2. The first kappa shape index (κ1) is 39.6. The number of nitrogens with zero attached hydrogens (tertiary/aromatic N) is 1. The minimum Gasteiger partial charge on any atom is -0.423 e. The first-order chi connectivity index (χ1) is 30.8. The summed E-state index contributed by atoms with van der Waals surface area (Å²) in [6.07, 6.45) is 1.71. The molecular weight excluding hydrogens is 767 g/mol. The van der Waals surface area contributed by atoms with Crippen molar-refractivity contribution < 1.29 is 9.53 Å². The quantitative estimate of drug-likeness (QED) is 0.0962. The summed E-state index contributed by atoms with van der Waals surface area (Å²) in [5.41, 5.74) is 15.8. The molecule has 0 spiro atoms. The predicted molar refractivity (Wildman–Crippen MR) is 261 cm³/mol. The summed E-state index contributed by atoms with van der Waals surface area (Å²) in [5.74, 6) is 0.554. The number of carbonyl (C=O) groups is 1. The lowest BCUT2D eigenvalue weighted by Crippen LogP contribution is -2.31. The first-order valence-electron chi connectivity index (χ1n) is 22.0. The maximum atomic E-state index is 13.7. The van der Waals surface area contributed by atoms with Crippen molar-refractivity contribution in [2.75, 3.05) is 4.90 Å². The van der Waals surface area contributed by atoms with Crippen LogP contribution in [0.1, 0.15) is 63.5 Å². The van der Waals surface area contributed by atoms with Gasteiger partial charge in [-0.3, -0.25) is 0 Å². The number of esters is 1. The van der Waals surface area contributed by atoms with Crippen LogP contribution in [0.25, 0.3) is 33.0 Å². The van der Waals surface area contributed by atoms with E-state index < -0.39 is 5.97 Å². The van der Waals surface area contributed by atoms with Crippen LogP contribution in [0.15, 0.2) is 212 Å². The number of ether oxygens (including phenoxy) is 1. The van der Waals surface area contributed by atoms with E-state index in [0.717, 1.165) is 46.2 Å². The largest absolute Gasteiger partial charge is 0.423 e. The van der Waals surface area contributed by atoms with Gasteiger partial charge in [0.25, 0.3) is 0 Å². The molecular formula is C60H49NO2. The lowest BCUT2D eigenvalue weighted by atomic mass is 9.69. The van der Waals surface area contributed by atoms with Gasteiger partial charge in [0.1, 0.15) is 5.75 Å². The van der Waals surface area contributed by atoms with Crippen molar-refractivity contribution in [2.24, 2.45) is 0 Å². The molecule has 0 saturated heterocycles. The third-order valence-corrected chi connectivity index (χ3v) is 12.9. The Hall–Kier alpha value is -7.49. The van der Waals surface area contributed by atoms with Crippen LogP contribution in [0.3, 0.4) is 0 Å². The number of hydrogen-bond donors (Lipinski definition) is 0. The van der Waals surface area contributed by atoms with Gasteiger partial charge in [0.05, 0.1) is 11.3 Å². The van der Waals surface area contributed by atoms with Crippen LogP contribution in [0, 0.1) is 6.92 Å². The number of anilines is 3.